The zero-order valence-electron chi connectivity index (χ0n) is 16.2. The molecule has 2 amide bonds. The van der Waals surface area contributed by atoms with Gasteiger partial charge in [-0.15, -0.1) is 0 Å². The molecule has 1 aliphatic heterocycles. The maximum Gasteiger partial charge on any atom is 0.414 e. The van der Waals surface area contributed by atoms with Crippen LogP contribution in [0.1, 0.15) is 17.9 Å². The third-order valence-electron chi connectivity index (χ3n) is 4.67. The van der Waals surface area contributed by atoms with Crippen molar-refractivity contribution >= 4 is 23.4 Å². The van der Waals surface area contributed by atoms with E-state index >= 15 is 0 Å². The molecule has 0 aliphatic carbocycles. The Morgan fingerprint density at radius 1 is 1.27 bits per heavy atom. The summed E-state index contributed by atoms with van der Waals surface area (Å²) in [5.74, 6) is -0.0239. The van der Waals surface area contributed by atoms with Crippen LogP contribution in [0.4, 0.5) is 20.6 Å². The average Bonchev–Trinajstić information content (AvgIpc) is 3.38. The number of carbonyl (C=O) groups is 2. The van der Waals surface area contributed by atoms with Crippen LogP contribution in [0.2, 0.25) is 0 Å². The molecular formula is C21H19FN4O4. The number of amides is 2. The molecule has 2 aromatic carbocycles. The van der Waals surface area contributed by atoms with Crippen molar-refractivity contribution in [1.82, 2.24) is 10.1 Å². The molecule has 4 rings (SSSR count). The third kappa shape index (κ3) is 4.29. The van der Waals surface area contributed by atoms with Crippen LogP contribution in [0.25, 0.3) is 11.4 Å². The molecule has 8 nitrogen and oxygen atoms in total. The molecule has 154 valence electrons. The number of nitrogens with one attached hydrogen (secondary N) is 1. The van der Waals surface area contributed by atoms with Crippen LogP contribution in [-0.4, -0.2) is 35.3 Å². The Balaban J connectivity index is 1.35. The fraction of sp³-hybridized carbons (Fsp3) is 0.238. The van der Waals surface area contributed by atoms with Crippen molar-refractivity contribution in [2.24, 2.45) is 0 Å². The second-order valence-corrected chi connectivity index (χ2v) is 6.84. The predicted octanol–water partition coefficient (Wildman–Crippen LogP) is 3.71. The fourth-order valence-electron chi connectivity index (χ4n) is 3.03. The summed E-state index contributed by atoms with van der Waals surface area (Å²) in [5, 5.41) is 6.63. The molecule has 0 saturated carbocycles. The first-order valence-electron chi connectivity index (χ1n) is 9.43. The first-order chi connectivity index (χ1) is 14.5. The molecule has 3 aromatic rings. The first-order valence-corrected chi connectivity index (χ1v) is 9.43. The standard InChI is InChI=1S/C21H19FN4O4/c1-13-5-6-14(11-17(13)22)20-24-19(30-25-20)8-7-18(27)23-15-3-2-4-16(12-15)26-9-10-29-21(26)28/h2-6,11-12H,7-10H2,1H3,(H,23,27). The number of nitrogens with zero attached hydrogens (tertiary/aromatic N) is 3. The minimum absolute atomic E-state index is 0.125. The lowest BCUT2D eigenvalue weighted by atomic mass is 10.1. The molecule has 0 radical (unpaired) electrons. The van der Waals surface area contributed by atoms with Crippen molar-refractivity contribution in [3.05, 3.63) is 59.7 Å². The highest BCUT2D eigenvalue weighted by atomic mass is 19.1. The lowest BCUT2D eigenvalue weighted by Crippen LogP contribution is -2.23. The number of hydrogen-bond acceptors (Lipinski definition) is 6. The maximum atomic E-state index is 13.7. The molecule has 30 heavy (non-hydrogen) atoms. The number of halogens is 1. The monoisotopic (exact) mass is 410 g/mol. The van der Waals surface area contributed by atoms with E-state index in [0.717, 1.165) is 0 Å². The molecule has 0 atom stereocenters. The van der Waals surface area contributed by atoms with Crippen molar-refractivity contribution in [2.75, 3.05) is 23.4 Å². The van der Waals surface area contributed by atoms with Gasteiger partial charge in [0.1, 0.15) is 12.4 Å². The smallest absolute Gasteiger partial charge is 0.414 e. The largest absolute Gasteiger partial charge is 0.447 e. The molecule has 1 N–H and O–H groups in total. The summed E-state index contributed by atoms with van der Waals surface area (Å²) in [7, 11) is 0. The Morgan fingerprint density at radius 2 is 2.13 bits per heavy atom. The van der Waals surface area contributed by atoms with Gasteiger partial charge < -0.3 is 14.6 Å². The summed E-state index contributed by atoms with van der Waals surface area (Å²) in [5.41, 5.74) is 2.26. The molecular weight excluding hydrogens is 391 g/mol. The topological polar surface area (TPSA) is 97.6 Å². The zero-order chi connectivity index (χ0) is 21.1. The van der Waals surface area contributed by atoms with Crippen LogP contribution in [0, 0.1) is 12.7 Å². The van der Waals surface area contributed by atoms with Gasteiger partial charge in [0.15, 0.2) is 0 Å². The van der Waals surface area contributed by atoms with Gasteiger partial charge in [-0.1, -0.05) is 23.4 Å². The van der Waals surface area contributed by atoms with Crippen LogP contribution in [0.3, 0.4) is 0 Å². The third-order valence-corrected chi connectivity index (χ3v) is 4.67. The number of ether oxygens (including phenoxy) is 1. The van der Waals surface area contributed by atoms with E-state index in [2.05, 4.69) is 15.5 Å². The van der Waals surface area contributed by atoms with E-state index in [1.54, 1.807) is 43.3 Å². The Labute approximate surface area is 171 Å². The summed E-state index contributed by atoms with van der Waals surface area (Å²) < 4.78 is 23.8. The fourth-order valence-corrected chi connectivity index (χ4v) is 3.03. The molecule has 0 unspecified atom stereocenters. The summed E-state index contributed by atoms with van der Waals surface area (Å²) in [4.78, 5) is 29.7. The Bertz CT molecular complexity index is 1100. The number of aryl methyl sites for hydroxylation is 2. The lowest BCUT2D eigenvalue weighted by Gasteiger charge is -2.14. The zero-order valence-corrected chi connectivity index (χ0v) is 16.2. The van der Waals surface area contributed by atoms with Crippen LogP contribution in [0.15, 0.2) is 47.0 Å². The number of carbonyl (C=O) groups excluding carboxylic acids is 2. The molecule has 1 fully saturated rings. The van der Waals surface area contributed by atoms with Crippen LogP contribution in [-0.2, 0) is 16.0 Å². The number of hydrogen-bond donors (Lipinski definition) is 1. The molecule has 2 heterocycles. The number of cyclic esters (lactones) is 1. The minimum Gasteiger partial charge on any atom is -0.447 e. The highest BCUT2D eigenvalue weighted by Gasteiger charge is 2.23. The number of anilines is 2. The van der Waals surface area contributed by atoms with Gasteiger partial charge in [-0.25, -0.2) is 9.18 Å². The normalized spacial score (nSPS) is 13.4. The molecule has 0 bridgehead atoms. The van der Waals surface area contributed by atoms with E-state index in [9.17, 15) is 14.0 Å². The van der Waals surface area contributed by atoms with E-state index < -0.39 is 6.09 Å². The van der Waals surface area contributed by atoms with Crippen LogP contribution < -0.4 is 10.2 Å². The second kappa shape index (κ2) is 8.32. The van der Waals surface area contributed by atoms with Crippen molar-refractivity contribution in [2.45, 2.75) is 19.8 Å². The van der Waals surface area contributed by atoms with E-state index in [-0.39, 0.29) is 36.3 Å². The second-order valence-electron chi connectivity index (χ2n) is 6.84. The van der Waals surface area contributed by atoms with Crippen molar-refractivity contribution < 1.29 is 23.2 Å². The molecule has 1 aliphatic rings. The Hall–Kier alpha value is -3.75. The molecule has 9 heteroatoms. The number of aromatic nitrogens is 2. The predicted molar refractivity (Wildman–Crippen MR) is 107 cm³/mol. The van der Waals surface area contributed by atoms with Gasteiger partial charge in [0.05, 0.1) is 6.54 Å². The van der Waals surface area contributed by atoms with Gasteiger partial charge in [0.2, 0.25) is 17.6 Å². The molecule has 1 aromatic heterocycles. The van der Waals surface area contributed by atoms with Gasteiger partial charge >= 0.3 is 6.09 Å². The highest BCUT2D eigenvalue weighted by Crippen LogP contribution is 2.23. The average molecular weight is 410 g/mol. The Kier molecular flexibility index (Phi) is 5.42. The van der Waals surface area contributed by atoms with E-state index in [1.807, 2.05) is 0 Å². The van der Waals surface area contributed by atoms with Crippen LogP contribution >= 0.6 is 0 Å². The summed E-state index contributed by atoms with van der Waals surface area (Å²) >= 11 is 0. The molecule has 1 saturated heterocycles. The number of benzene rings is 2. The summed E-state index contributed by atoms with van der Waals surface area (Å²) in [6.07, 6.45) is -0.0373. The lowest BCUT2D eigenvalue weighted by molar-refractivity contribution is -0.116. The van der Waals surface area contributed by atoms with E-state index in [4.69, 9.17) is 9.26 Å². The van der Waals surface area contributed by atoms with Gasteiger partial charge in [0, 0.05) is 29.8 Å². The number of rotatable bonds is 6. The van der Waals surface area contributed by atoms with Gasteiger partial charge in [-0.2, -0.15) is 4.98 Å². The van der Waals surface area contributed by atoms with E-state index in [0.29, 0.717) is 35.7 Å². The molecule has 0 spiro atoms. The SMILES string of the molecule is Cc1ccc(-c2noc(CCC(=O)Nc3cccc(N4CCOC4=O)c3)n2)cc1F. The van der Waals surface area contributed by atoms with Gasteiger partial charge in [-0.3, -0.25) is 9.69 Å². The van der Waals surface area contributed by atoms with Gasteiger partial charge in [0.25, 0.3) is 0 Å². The van der Waals surface area contributed by atoms with Crippen LogP contribution in [0.5, 0.6) is 0 Å². The first kappa shape index (κ1) is 19.6. The Morgan fingerprint density at radius 3 is 2.90 bits per heavy atom. The van der Waals surface area contributed by atoms with Crippen molar-refractivity contribution in [3.8, 4) is 11.4 Å². The van der Waals surface area contributed by atoms with Crippen molar-refractivity contribution in [1.29, 1.82) is 0 Å². The highest BCUT2D eigenvalue weighted by molar-refractivity contribution is 5.93. The van der Waals surface area contributed by atoms with E-state index in [1.165, 1.54) is 11.0 Å². The summed E-state index contributed by atoms with van der Waals surface area (Å²) in [6.45, 7) is 2.49. The summed E-state index contributed by atoms with van der Waals surface area (Å²) in [6, 6.07) is 11.7. The van der Waals surface area contributed by atoms with Crippen molar-refractivity contribution in [3.63, 3.8) is 0 Å². The maximum absolute atomic E-state index is 13.7. The van der Waals surface area contributed by atoms with Gasteiger partial charge in [-0.05, 0) is 36.8 Å². The quantitative estimate of drug-likeness (QED) is 0.665. The minimum atomic E-state index is -0.404.